The lowest BCUT2D eigenvalue weighted by Gasteiger charge is -2.16. The van der Waals surface area contributed by atoms with E-state index in [4.69, 9.17) is 4.42 Å². The largest absolute Gasteiger partial charge is 0.466 e. The van der Waals surface area contributed by atoms with E-state index in [1.165, 1.54) is 5.56 Å². The van der Waals surface area contributed by atoms with Crippen LogP contribution in [0.3, 0.4) is 0 Å². The third kappa shape index (κ3) is 2.27. The Balaban J connectivity index is 1.95. The quantitative estimate of drug-likeness (QED) is 0.751. The second-order valence-corrected chi connectivity index (χ2v) is 5.11. The van der Waals surface area contributed by atoms with E-state index in [9.17, 15) is 0 Å². The highest BCUT2D eigenvalue weighted by atomic mass is 16.3. The van der Waals surface area contributed by atoms with Crippen LogP contribution in [0.15, 0.2) is 47.0 Å². The SMILES string of the molecule is Cc1cc(C(C)Nc2cccc3ncccc23)c(C)o1. The molecule has 0 saturated heterocycles. The molecule has 1 atom stereocenters. The van der Waals surface area contributed by atoms with Crippen molar-refractivity contribution in [3.63, 3.8) is 0 Å². The van der Waals surface area contributed by atoms with Crippen LogP contribution in [0.2, 0.25) is 0 Å². The van der Waals surface area contributed by atoms with Crippen LogP contribution in [-0.4, -0.2) is 4.98 Å². The zero-order valence-corrected chi connectivity index (χ0v) is 12.0. The van der Waals surface area contributed by atoms with Gasteiger partial charge in [0.05, 0.1) is 11.6 Å². The van der Waals surface area contributed by atoms with E-state index < -0.39 is 0 Å². The zero-order chi connectivity index (χ0) is 14.1. The summed E-state index contributed by atoms with van der Waals surface area (Å²) < 4.78 is 5.61. The molecule has 102 valence electrons. The number of furan rings is 1. The first-order chi connectivity index (χ1) is 9.65. The third-order valence-corrected chi connectivity index (χ3v) is 3.56. The molecule has 3 rings (SSSR count). The zero-order valence-electron chi connectivity index (χ0n) is 12.0. The summed E-state index contributed by atoms with van der Waals surface area (Å²) in [4.78, 5) is 4.39. The van der Waals surface area contributed by atoms with Crippen molar-refractivity contribution >= 4 is 16.6 Å². The minimum atomic E-state index is 0.193. The average molecular weight is 266 g/mol. The van der Waals surface area contributed by atoms with Gasteiger partial charge in [-0.2, -0.15) is 0 Å². The van der Waals surface area contributed by atoms with Gasteiger partial charge < -0.3 is 9.73 Å². The van der Waals surface area contributed by atoms with Gasteiger partial charge in [-0.3, -0.25) is 4.98 Å². The minimum Gasteiger partial charge on any atom is -0.466 e. The summed E-state index contributed by atoms with van der Waals surface area (Å²) in [6.07, 6.45) is 1.82. The number of aryl methyl sites for hydroxylation is 2. The monoisotopic (exact) mass is 266 g/mol. The van der Waals surface area contributed by atoms with Gasteiger partial charge in [-0.1, -0.05) is 6.07 Å². The number of rotatable bonds is 3. The van der Waals surface area contributed by atoms with E-state index in [-0.39, 0.29) is 6.04 Å². The molecule has 0 bridgehead atoms. The number of hydrogen-bond donors (Lipinski definition) is 1. The molecule has 0 aliphatic rings. The van der Waals surface area contributed by atoms with Crippen LogP contribution in [0.5, 0.6) is 0 Å². The van der Waals surface area contributed by atoms with Gasteiger partial charge in [-0.25, -0.2) is 0 Å². The summed E-state index contributed by atoms with van der Waals surface area (Å²) in [5.41, 5.74) is 3.30. The van der Waals surface area contributed by atoms with Gasteiger partial charge in [0.1, 0.15) is 11.5 Å². The van der Waals surface area contributed by atoms with Crippen LogP contribution in [0.4, 0.5) is 5.69 Å². The van der Waals surface area contributed by atoms with Crippen LogP contribution < -0.4 is 5.32 Å². The molecular weight excluding hydrogens is 248 g/mol. The molecule has 3 heteroatoms. The maximum atomic E-state index is 5.61. The Labute approximate surface area is 118 Å². The van der Waals surface area contributed by atoms with E-state index in [1.54, 1.807) is 0 Å². The average Bonchev–Trinajstić information content (AvgIpc) is 2.78. The number of hydrogen-bond acceptors (Lipinski definition) is 3. The molecule has 1 N–H and O–H groups in total. The first-order valence-corrected chi connectivity index (χ1v) is 6.82. The van der Waals surface area contributed by atoms with Crippen molar-refractivity contribution in [1.82, 2.24) is 4.98 Å². The predicted octanol–water partition coefficient (Wildman–Crippen LogP) is 4.62. The van der Waals surface area contributed by atoms with Gasteiger partial charge in [0.25, 0.3) is 0 Å². The Morgan fingerprint density at radius 3 is 2.75 bits per heavy atom. The fourth-order valence-corrected chi connectivity index (χ4v) is 2.62. The van der Waals surface area contributed by atoms with Gasteiger partial charge in [-0.05, 0) is 51.1 Å². The fourth-order valence-electron chi connectivity index (χ4n) is 2.62. The fraction of sp³-hybridized carbons (Fsp3) is 0.235. The predicted molar refractivity (Wildman–Crippen MR) is 82.0 cm³/mol. The Morgan fingerprint density at radius 2 is 2.00 bits per heavy atom. The standard InChI is InChI=1S/C17H18N2O/c1-11-10-15(13(3)20-11)12(2)19-17-8-4-7-16-14(17)6-5-9-18-16/h4-10,12,19H,1-3H3. The van der Waals surface area contributed by atoms with Gasteiger partial charge in [0.2, 0.25) is 0 Å². The van der Waals surface area contributed by atoms with Crippen molar-refractivity contribution in [2.75, 3.05) is 5.32 Å². The highest BCUT2D eigenvalue weighted by molar-refractivity contribution is 5.91. The van der Waals surface area contributed by atoms with Crippen LogP contribution in [-0.2, 0) is 0 Å². The van der Waals surface area contributed by atoms with Crippen molar-refractivity contribution in [3.8, 4) is 0 Å². The first kappa shape index (κ1) is 12.7. The third-order valence-electron chi connectivity index (χ3n) is 3.56. The number of nitrogens with one attached hydrogen (secondary N) is 1. The molecule has 20 heavy (non-hydrogen) atoms. The minimum absolute atomic E-state index is 0.193. The molecule has 3 nitrogen and oxygen atoms in total. The molecule has 1 aromatic carbocycles. The van der Waals surface area contributed by atoms with Gasteiger partial charge in [0, 0.05) is 22.8 Å². The second kappa shape index (κ2) is 5.00. The van der Waals surface area contributed by atoms with Crippen molar-refractivity contribution in [2.45, 2.75) is 26.8 Å². The number of benzene rings is 1. The maximum Gasteiger partial charge on any atom is 0.106 e. The van der Waals surface area contributed by atoms with Crippen LogP contribution in [0.1, 0.15) is 30.0 Å². The molecule has 3 aromatic rings. The number of fused-ring (bicyclic) bond motifs is 1. The molecule has 0 fully saturated rings. The van der Waals surface area contributed by atoms with Crippen molar-refractivity contribution in [3.05, 3.63) is 59.7 Å². The van der Waals surface area contributed by atoms with E-state index in [2.05, 4.69) is 35.4 Å². The first-order valence-electron chi connectivity index (χ1n) is 6.82. The molecule has 0 saturated carbocycles. The van der Waals surface area contributed by atoms with Crippen molar-refractivity contribution < 1.29 is 4.42 Å². The molecule has 1 unspecified atom stereocenters. The number of nitrogens with zero attached hydrogens (tertiary/aromatic N) is 1. The lowest BCUT2D eigenvalue weighted by molar-refractivity contribution is 0.500. The molecular formula is C17H18N2O. The summed E-state index contributed by atoms with van der Waals surface area (Å²) in [5.74, 6) is 1.92. The Kier molecular flexibility index (Phi) is 3.18. The molecule has 0 aliphatic heterocycles. The normalized spacial score (nSPS) is 12.6. The second-order valence-electron chi connectivity index (χ2n) is 5.11. The van der Waals surface area contributed by atoms with Crippen molar-refractivity contribution in [1.29, 1.82) is 0 Å². The summed E-state index contributed by atoms with van der Waals surface area (Å²) in [7, 11) is 0. The highest BCUT2D eigenvalue weighted by Crippen LogP contribution is 2.28. The molecule has 0 spiro atoms. The van der Waals surface area contributed by atoms with E-state index in [0.29, 0.717) is 0 Å². The van der Waals surface area contributed by atoms with Crippen LogP contribution in [0.25, 0.3) is 10.9 Å². The summed E-state index contributed by atoms with van der Waals surface area (Å²) >= 11 is 0. The Bertz CT molecular complexity index is 740. The van der Waals surface area contributed by atoms with Crippen molar-refractivity contribution in [2.24, 2.45) is 0 Å². The van der Waals surface area contributed by atoms with Gasteiger partial charge in [-0.15, -0.1) is 0 Å². The Morgan fingerprint density at radius 1 is 1.15 bits per heavy atom. The number of anilines is 1. The molecule has 2 aromatic heterocycles. The summed E-state index contributed by atoms with van der Waals surface area (Å²) in [6, 6.07) is 12.5. The van der Waals surface area contributed by atoms with Crippen LogP contribution >= 0.6 is 0 Å². The maximum absolute atomic E-state index is 5.61. The molecule has 2 heterocycles. The smallest absolute Gasteiger partial charge is 0.106 e. The summed E-state index contributed by atoms with van der Waals surface area (Å²) in [6.45, 7) is 6.13. The molecule has 0 aliphatic carbocycles. The van der Waals surface area contributed by atoms with E-state index >= 15 is 0 Å². The van der Waals surface area contributed by atoms with E-state index in [1.807, 2.05) is 38.2 Å². The van der Waals surface area contributed by atoms with Gasteiger partial charge >= 0.3 is 0 Å². The molecule has 0 amide bonds. The molecule has 0 radical (unpaired) electrons. The lowest BCUT2D eigenvalue weighted by atomic mass is 10.1. The van der Waals surface area contributed by atoms with E-state index in [0.717, 1.165) is 28.1 Å². The number of aromatic nitrogens is 1. The Hall–Kier alpha value is -2.29. The summed E-state index contributed by atoms with van der Waals surface area (Å²) in [5, 5.41) is 4.69. The highest BCUT2D eigenvalue weighted by Gasteiger charge is 2.13. The topological polar surface area (TPSA) is 38.1 Å². The lowest BCUT2D eigenvalue weighted by Crippen LogP contribution is -2.07. The number of pyridine rings is 1. The van der Waals surface area contributed by atoms with Gasteiger partial charge in [0.15, 0.2) is 0 Å². The van der Waals surface area contributed by atoms with Crippen LogP contribution in [0, 0.1) is 13.8 Å².